The number of aliphatic hydroxyl groups is 1. The number of hydrogen-bond acceptors (Lipinski definition) is 7. The van der Waals surface area contributed by atoms with E-state index >= 15 is 0 Å². The summed E-state index contributed by atoms with van der Waals surface area (Å²) in [6.07, 6.45) is 6.30. The van der Waals surface area contributed by atoms with Gasteiger partial charge in [-0.1, -0.05) is 41.2 Å². The summed E-state index contributed by atoms with van der Waals surface area (Å²) in [5.74, 6) is -0.841. The van der Waals surface area contributed by atoms with Crippen molar-refractivity contribution >= 4 is 23.5 Å². The van der Waals surface area contributed by atoms with E-state index in [0.717, 1.165) is 32.1 Å². The number of carbonyl (C=O) groups excluding carboxylic acids is 4. The number of aliphatic hydroxyl groups excluding tert-OH is 1. The van der Waals surface area contributed by atoms with E-state index in [1.165, 1.54) is 20.3 Å². The van der Waals surface area contributed by atoms with Gasteiger partial charge in [-0.05, 0) is 84.0 Å². The van der Waals surface area contributed by atoms with Crippen LogP contribution in [0.1, 0.15) is 99.8 Å². The van der Waals surface area contributed by atoms with Crippen LogP contribution >= 0.6 is 0 Å². The van der Waals surface area contributed by atoms with E-state index < -0.39 is 30.0 Å². The van der Waals surface area contributed by atoms with Crippen LogP contribution in [0.5, 0.6) is 0 Å². The number of carbonyl (C=O) groups is 4. The SMILES string of the molecule is C=C(C(=O)[C@H](OC(C)=O)C(C)[C@H]1[C@@H](OC(C)=O)C[C@@]2(C)[C@@H]3CC[C@H]4[C@H](C)C(=O)CCC45CC35CC[C@]12C)[C@@H](C)CO. The predicted molar refractivity (Wildman–Crippen MR) is 153 cm³/mol. The highest BCUT2D eigenvalue weighted by atomic mass is 16.6. The zero-order valence-corrected chi connectivity index (χ0v) is 26.1. The van der Waals surface area contributed by atoms with Gasteiger partial charge in [0, 0.05) is 50.5 Å². The van der Waals surface area contributed by atoms with Crippen LogP contribution in [0.15, 0.2) is 12.2 Å². The fourth-order valence-corrected chi connectivity index (χ4v) is 11.5. The first-order valence-electron chi connectivity index (χ1n) is 15.8. The van der Waals surface area contributed by atoms with E-state index in [4.69, 9.17) is 9.47 Å². The molecule has 0 aromatic heterocycles. The van der Waals surface area contributed by atoms with Crippen LogP contribution in [0.3, 0.4) is 0 Å². The minimum atomic E-state index is -1.07. The van der Waals surface area contributed by atoms with Crippen LogP contribution in [-0.2, 0) is 28.7 Å². The van der Waals surface area contributed by atoms with Crippen LogP contribution in [0.2, 0.25) is 0 Å². The van der Waals surface area contributed by atoms with Crippen molar-refractivity contribution in [2.75, 3.05) is 6.61 Å². The van der Waals surface area contributed by atoms with Crippen molar-refractivity contribution in [3.05, 3.63) is 12.2 Å². The smallest absolute Gasteiger partial charge is 0.303 e. The molecule has 7 nitrogen and oxygen atoms in total. The first-order valence-corrected chi connectivity index (χ1v) is 15.8. The molecule has 5 saturated carbocycles. The minimum absolute atomic E-state index is 0.136. The second kappa shape index (κ2) is 10.0. The molecule has 5 fully saturated rings. The van der Waals surface area contributed by atoms with Crippen LogP contribution in [0.4, 0.5) is 0 Å². The maximum absolute atomic E-state index is 13.7. The Morgan fingerprint density at radius 2 is 1.71 bits per heavy atom. The molecular formula is C34H50O7. The molecule has 0 amide bonds. The monoisotopic (exact) mass is 570 g/mol. The molecule has 5 aliphatic carbocycles. The molecule has 0 aromatic carbocycles. The Bertz CT molecular complexity index is 1160. The molecule has 0 radical (unpaired) electrons. The predicted octanol–water partition coefficient (Wildman–Crippen LogP) is 5.47. The highest BCUT2D eigenvalue weighted by molar-refractivity contribution is 5.99. The van der Waals surface area contributed by atoms with Crippen molar-refractivity contribution in [3.63, 3.8) is 0 Å². The molecule has 0 heterocycles. The van der Waals surface area contributed by atoms with Crippen molar-refractivity contribution in [1.29, 1.82) is 0 Å². The topological polar surface area (TPSA) is 107 Å². The van der Waals surface area contributed by atoms with Gasteiger partial charge in [-0.2, -0.15) is 0 Å². The number of fused-ring (bicyclic) bond motifs is 2. The molecule has 5 rings (SSSR count). The van der Waals surface area contributed by atoms with E-state index in [9.17, 15) is 24.3 Å². The average molecular weight is 571 g/mol. The maximum Gasteiger partial charge on any atom is 0.303 e. The van der Waals surface area contributed by atoms with Crippen LogP contribution in [0, 0.1) is 57.2 Å². The lowest BCUT2D eigenvalue weighted by Crippen LogP contribution is -2.56. The number of esters is 2. The Balaban J connectivity index is 1.53. The van der Waals surface area contributed by atoms with Gasteiger partial charge in [-0.15, -0.1) is 0 Å². The van der Waals surface area contributed by atoms with Gasteiger partial charge in [0.05, 0.1) is 0 Å². The summed E-state index contributed by atoms with van der Waals surface area (Å²) in [7, 11) is 0. The van der Waals surface area contributed by atoms with Gasteiger partial charge < -0.3 is 14.6 Å². The first kappa shape index (κ1) is 30.4. The summed E-state index contributed by atoms with van der Waals surface area (Å²) >= 11 is 0. The van der Waals surface area contributed by atoms with E-state index in [1.54, 1.807) is 6.92 Å². The van der Waals surface area contributed by atoms with E-state index in [2.05, 4.69) is 27.4 Å². The molecule has 7 heteroatoms. The van der Waals surface area contributed by atoms with Crippen LogP contribution in [0.25, 0.3) is 0 Å². The summed E-state index contributed by atoms with van der Waals surface area (Å²) < 4.78 is 11.8. The number of rotatable bonds is 8. The average Bonchev–Trinajstić information content (AvgIpc) is 3.52. The molecule has 0 aliphatic heterocycles. The Morgan fingerprint density at radius 3 is 2.32 bits per heavy atom. The number of ether oxygens (including phenoxy) is 2. The molecule has 12 atom stereocenters. The van der Waals surface area contributed by atoms with Gasteiger partial charge in [0.1, 0.15) is 11.9 Å². The van der Waals surface area contributed by atoms with Crippen molar-refractivity contribution in [2.24, 2.45) is 57.2 Å². The highest BCUT2D eigenvalue weighted by Crippen LogP contribution is 2.88. The standard InChI is InChI=1S/C34H50O7/c1-18(16-35)19(2)29(39)30(41-23(6)37)21(4)28-26(40-22(5)36)15-32(8)27-10-9-24-20(3)25(38)11-12-33(24)17-34(27,33)14-13-31(28,32)7/h18,20-21,24,26-28,30,35H,2,9-17H2,1,3-8H3/t18-,20-,21?,24-,26-,27-,28-,30+,31+,32-,33?,34?/m0/s1. The lowest BCUT2D eigenvalue weighted by molar-refractivity contribution is -0.167. The Hall–Kier alpha value is -2.02. The normalized spacial score (nSPS) is 44.7. The van der Waals surface area contributed by atoms with Gasteiger partial charge in [0.25, 0.3) is 0 Å². The van der Waals surface area contributed by atoms with Crippen molar-refractivity contribution in [3.8, 4) is 0 Å². The zero-order chi connectivity index (χ0) is 30.3. The zero-order valence-electron chi connectivity index (χ0n) is 26.1. The van der Waals surface area contributed by atoms with Gasteiger partial charge in [-0.3, -0.25) is 19.2 Å². The van der Waals surface area contributed by atoms with Gasteiger partial charge >= 0.3 is 11.9 Å². The molecular weight excluding hydrogens is 520 g/mol. The lowest BCUT2D eigenvalue weighted by Gasteiger charge is -2.61. The summed E-state index contributed by atoms with van der Waals surface area (Å²) in [6.45, 7) is 17.0. The third-order valence-corrected chi connectivity index (χ3v) is 13.6. The molecule has 3 unspecified atom stereocenters. The van der Waals surface area contributed by atoms with Crippen molar-refractivity contribution in [1.82, 2.24) is 0 Å². The Labute approximate surface area is 245 Å². The largest absolute Gasteiger partial charge is 0.462 e. The molecule has 2 spiro atoms. The van der Waals surface area contributed by atoms with Gasteiger partial charge in [0.2, 0.25) is 0 Å². The van der Waals surface area contributed by atoms with Crippen molar-refractivity contribution < 1.29 is 33.8 Å². The molecule has 228 valence electrons. The Morgan fingerprint density at radius 1 is 1.02 bits per heavy atom. The van der Waals surface area contributed by atoms with E-state index in [1.807, 2.05) is 6.92 Å². The maximum atomic E-state index is 13.7. The summed E-state index contributed by atoms with van der Waals surface area (Å²) in [5.41, 5.74) is 0.333. The quantitative estimate of drug-likeness (QED) is 0.305. The fraction of sp³-hybridized carbons (Fsp3) is 0.824. The lowest BCUT2D eigenvalue weighted by atomic mass is 9.43. The number of hydrogen-bond donors (Lipinski definition) is 1. The molecule has 0 aromatic rings. The first-order chi connectivity index (χ1) is 19.1. The van der Waals surface area contributed by atoms with Crippen LogP contribution in [-0.4, -0.2) is 47.4 Å². The molecule has 1 N–H and O–H groups in total. The van der Waals surface area contributed by atoms with Crippen LogP contribution < -0.4 is 0 Å². The summed E-state index contributed by atoms with van der Waals surface area (Å²) in [4.78, 5) is 51.2. The van der Waals surface area contributed by atoms with Gasteiger partial charge in [0.15, 0.2) is 11.9 Å². The summed E-state index contributed by atoms with van der Waals surface area (Å²) in [5, 5.41) is 9.69. The fourth-order valence-electron chi connectivity index (χ4n) is 11.5. The minimum Gasteiger partial charge on any atom is -0.462 e. The molecule has 0 saturated heterocycles. The second-order valence-electron chi connectivity index (χ2n) is 15.1. The Kier molecular flexibility index (Phi) is 7.44. The second-order valence-corrected chi connectivity index (χ2v) is 15.1. The number of Topliss-reactive ketones (excluding diaryl/α,β-unsaturated/α-hetero) is 2. The van der Waals surface area contributed by atoms with E-state index in [0.29, 0.717) is 30.5 Å². The molecule has 41 heavy (non-hydrogen) atoms. The summed E-state index contributed by atoms with van der Waals surface area (Å²) in [6, 6.07) is 0. The van der Waals surface area contributed by atoms with E-state index in [-0.39, 0.29) is 57.4 Å². The molecule has 0 bridgehead atoms. The molecule has 5 aliphatic rings. The van der Waals surface area contributed by atoms with Gasteiger partial charge in [-0.25, -0.2) is 0 Å². The third-order valence-electron chi connectivity index (χ3n) is 13.6. The highest BCUT2D eigenvalue weighted by Gasteiger charge is 2.82. The van der Waals surface area contributed by atoms with Crippen molar-refractivity contribution in [2.45, 2.75) is 112 Å². The third kappa shape index (κ3) is 4.14. The number of ketones is 2.